The van der Waals surface area contributed by atoms with Crippen LogP contribution in [0, 0.1) is 0 Å². The highest BCUT2D eigenvalue weighted by Gasteiger charge is 2.24. The summed E-state index contributed by atoms with van der Waals surface area (Å²) in [4.78, 5) is 0. The van der Waals surface area contributed by atoms with Gasteiger partial charge in [-0.1, -0.05) is 0 Å². The van der Waals surface area contributed by atoms with Crippen molar-refractivity contribution in [2.45, 2.75) is 25.3 Å². The minimum Gasteiger partial charge on any atom is -0.454 e. The minimum atomic E-state index is 0.339. The second-order valence-electron chi connectivity index (χ2n) is 5.72. The van der Waals surface area contributed by atoms with Gasteiger partial charge in [0, 0.05) is 19.3 Å². The van der Waals surface area contributed by atoms with Crippen LogP contribution in [0.1, 0.15) is 29.2 Å². The van der Waals surface area contributed by atoms with E-state index < -0.39 is 0 Å². The Labute approximate surface area is 123 Å². The van der Waals surface area contributed by atoms with E-state index in [1.54, 1.807) is 0 Å². The van der Waals surface area contributed by atoms with Crippen LogP contribution in [-0.4, -0.2) is 23.1 Å². The van der Waals surface area contributed by atoms with E-state index in [1.165, 1.54) is 16.7 Å². The zero-order chi connectivity index (χ0) is 14.2. The number of hydrogen-bond acceptors (Lipinski definition) is 4. The summed E-state index contributed by atoms with van der Waals surface area (Å²) in [6.07, 6.45) is 7.18. The molecule has 0 radical (unpaired) electrons. The van der Waals surface area contributed by atoms with Gasteiger partial charge in [-0.25, -0.2) is 0 Å². The Morgan fingerprint density at radius 1 is 1.33 bits per heavy atom. The Hall–Kier alpha value is -2.01. The highest BCUT2D eigenvalue weighted by Crippen LogP contribution is 2.39. The maximum Gasteiger partial charge on any atom is 0.231 e. The van der Waals surface area contributed by atoms with Gasteiger partial charge in [0.05, 0.1) is 6.20 Å². The Kier molecular flexibility index (Phi) is 3.07. The van der Waals surface area contributed by atoms with E-state index >= 15 is 0 Å². The van der Waals surface area contributed by atoms with Crippen molar-refractivity contribution in [1.29, 1.82) is 0 Å². The molecule has 110 valence electrons. The van der Waals surface area contributed by atoms with Crippen LogP contribution >= 0.6 is 0 Å². The third-order valence-electron chi connectivity index (χ3n) is 4.27. The predicted octanol–water partition coefficient (Wildman–Crippen LogP) is 1.97. The predicted molar refractivity (Wildman–Crippen MR) is 78.5 cm³/mol. The molecule has 2 aliphatic rings. The molecule has 1 atom stereocenters. The van der Waals surface area contributed by atoms with E-state index in [1.807, 2.05) is 17.9 Å². The van der Waals surface area contributed by atoms with Crippen LogP contribution in [0.15, 0.2) is 24.5 Å². The molecule has 3 heterocycles. The van der Waals surface area contributed by atoms with Gasteiger partial charge in [0.1, 0.15) is 0 Å². The smallest absolute Gasteiger partial charge is 0.231 e. The summed E-state index contributed by atoms with van der Waals surface area (Å²) >= 11 is 0. The van der Waals surface area contributed by atoms with Crippen LogP contribution in [0.25, 0.3) is 0 Å². The fraction of sp³-hybridized carbons (Fsp3) is 0.438. The molecule has 0 amide bonds. The molecule has 1 N–H and O–H groups in total. The zero-order valence-electron chi connectivity index (χ0n) is 12.1. The molecule has 1 aromatic heterocycles. The van der Waals surface area contributed by atoms with Crippen LogP contribution < -0.4 is 14.8 Å². The zero-order valence-corrected chi connectivity index (χ0v) is 12.1. The van der Waals surface area contributed by atoms with Gasteiger partial charge < -0.3 is 14.8 Å². The van der Waals surface area contributed by atoms with Gasteiger partial charge in [-0.2, -0.15) is 5.10 Å². The number of aromatic nitrogens is 2. The first-order valence-corrected chi connectivity index (χ1v) is 7.43. The van der Waals surface area contributed by atoms with Gasteiger partial charge in [0.25, 0.3) is 0 Å². The molecule has 5 nitrogen and oxygen atoms in total. The lowest BCUT2D eigenvalue weighted by Crippen LogP contribution is -2.30. The summed E-state index contributed by atoms with van der Waals surface area (Å²) in [5.41, 5.74) is 4.02. The first-order chi connectivity index (χ1) is 10.3. The molecule has 0 saturated carbocycles. The molecule has 0 bridgehead atoms. The Balaban J connectivity index is 1.55. The number of aryl methyl sites for hydroxylation is 2. The van der Waals surface area contributed by atoms with Crippen molar-refractivity contribution in [2.24, 2.45) is 7.05 Å². The summed E-state index contributed by atoms with van der Waals surface area (Å²) in [5, 5.41) is 7.85. The number of benzene rings is 1. The Morgan fingerprint density at radius 2 is 2.19 bits per heavy atom. The minimum absolute atomic E-state index is 0.339. The summed E-state index contributed by atoms with van der Waals surface area (Å²) < 4.78 is 12.9. The SMILES string of the molecule is Cn1cc(CCC2NCCc3cc4c(cc32)OCO4)cn1. The topological polar surface area (TPSA) is 48.3 Å². The van der Waals surface area contributed by atoms with Crippen LogP contribution in [0.2, 0.25) is 0 Å². The molecule has 0 fully saturated rings. The highest BCUT2D eigenvalue weighted by atomic mass is 16.7. The molecular formula is C16H19N3O2. The molecule has 2 aromatic rings. The monoisotopic (exact) mass is 285 g/mol. The lowest BCUT2D eigenvalue weighted by atomic mass is 9.90. The van der Waals surface area contributed by atoms with Gasteiger partial charge in [-0.05, 0) is 54.6 Å². The average molecular weight is 285 g/mol. The summed E-state index contributed by atoms with van der Waals surface area (Å²) in [6, 6.07) is 4.68. The van der Waals surface area contributed by atoms with Gasteiger partial charge in [-0.3, -0.25) is 4.68 Å². The number of fused-ring (bicyclic) bond motifs is 2. The fourth-order valence-electron chi connectivity index (χ4n) is 3.20. The highest BCUT2D eigenvalue weighted by molar-refractivity contribution is 5.50. The normalized spacial score (nSPS) is 19.6. The van der Waals surface area contributed by atoms with Crippen LogP contribution in [0.5, 0.6) is 11.5 Å². The van der Waals surface area contributed by atoms with Crippen molar-refractivity contribution in [3.8, 4) is 11.5 Å². The molecule has 5 heteroatoms. The van der Waals surface area contributed by atoms with Crippen LogP contribution in [0.4, 0.5) is 0 Å². The number of rotatable bonds is 3. The third-order valence-corrected chi connectivity index (χ3v) is 4.27. The maximum atomic E-state index is 5.52. The van der Waals surface area contributed by atoms with Crippen molar-refractivity contribution < 1.29 is 9.47 Å². The molecule has 0 saturated heterocycles. The lowest BCUT2D eigenvalue weighted by molar-refractivity contribution is 0.174. The number of ether oxygens (including phenoxy) is 2. The number of hydrogen-bond donors (Lipinski definition) is 1. The van der Waals surface area contributed by atoms with E-state index in [4.69, 9.17) is 9.47 Å². The van der Waals surface area contributed by atoms with Gasteiger partial charge in [0.2, 0.25) is 6.79 Å². The van der Waals surface area contributed by atoms with Crippen LogP contribution in [-0.2, 0) is 19.9 Å². The molecular weight excluding hydrogens is 266 g/mol. The second-order valence-corrected chi connectivity index (χ2v) is 5.72. The third kappa shape index (κ3) is 2.38. The molecule has 0 aliphatic carbocycles. The fourth-order valence-corrected chi connectivity index (χ4v) is 3.20. The van der Waals surface area contributed by atoms with E-state index in [0.717, 1.165) is 37.3 Å². The maximum absolute atomic E-state index is 5.52. The second kappa shape index (κ2) is 5.07. The standard InChI is InChI=1S/C16H19N3O2/c1-19-9-11(8-18-19)2-3-14-13-7-16-15(20-10-21-16)6-12(13)4-5-17-14/h6-9,14,17H,2-5,10H2,1H3. The first kappa shape index (κ1) is 12.7. The summed E-state index contributed by atoms with van der Waals surface area (Å²) in [7, 11) is 1.96. The van der Waals surface area contributed by atoms with Crippen molar-refractivity contribution >= 4 is 0 Å². The summed E-state index contributed by atoms with van der Waals surface area (Å²) in [6.45, 7) is 1.36. The van der Waals surface area contributed by atoms with Gasteiger partial charge >= 0.3 is 0 Å². The summed E-state index contributed by atoms with van der Waals surface area (Å²) in [5.74, 6) is 1.77. The molecule has 21 heavy (non-hydrogen) atoms. The lowest BCUT2D eigenvalue weighted by Gasteiger charge is -2.27. The Bertz CT molecular complexity index is 666. The largest absolute Gasteiger partial charge is 0.454 e. The van der Waals surface area contributed by atoms with E-state index in [0.29, 0.717) is 12.8 Å². The van der Waals surface area contributed by atoms with Crippen molar-refractivity contribution in [2.75, 3.05) is 13.3 Å². The van der Waals surface area contributed by atoms with Gasteiger partial charge in [-0.15, -0.1) is 0 Å². The van der Waals surface area contributed by atoms with E-state index in [9.17, 15) is 0 Å². The quantitative estimate of drug-likeness (QED) is 0.936. The van der Waals surface area contributed by atoms with Crippen LogP contribution in [0.3, 0.4) is 0 Å². The van der Waals surface area contributed by atoms with E-state index in [2.05, 4.69) is 28.7 Å². The van der Waals surface area contributed by atoms with Crippen molar-refractivity contribution in [3.05, 3.63) is 41.2 Å². The van der Waals surface area contributed by atoms with Gasteiger partial charge in [0.15, 0.2) is 11.5 Å². The molecule has 0 spiro atoms. The Morgan fingerprint density at radius 3 is 3.00 bits per heavy atom. The average Bonchev–Trinajstić information content (AvgIpc) is 3.11. The molecule has 4 rings (SSSR count). The van der Waals surface area contributed by atoms with E-state index in [-0.39, 0.29) is 0 Å². The molecule has 1 unspecified atom stereocenters. The number of nitrogens with zero attached hydrogens (tertiary/aromatic N) is 2. The molecule has 2 aliphatic heterocycles. The van der Waals surface area contributed by atoms with Crippen molar-refractivity contribution in [1.82, 2.24) is 15.1 Å². The molecule has 1 aromatic carbocycles. The first-order valence-electron chi connectivity index (χ1n) is 7.43. The van der Waals surface area contributed by atoms with Crippen molar-refractivity contribution in [3.63, 3.8) is 0 Å². The number of nitrogens with one attached hydrogen (secondary N) is 1.